The Bertz CT molecular complexity index is 564. The molecule has 0 saturated heterocycles. The maximum atomic E-state index is 13.4. The molecule has 0 radical (unpaired) electrons. The van der Waals surface area contributed by atoms with Crippen LogP contribution in [0.5, 0.6) is 0 Å². The summed E-state index contributed by atoms with van der Waals surface area (Å²) in [5, 5.41) is 10.3. The van der Waals surface area contributed by atoms with E-state index in [1.54, 1.807) is 0 Å². The molecule has 0 unspecified atom stereocenters. The lowest BCUT2D eigenvalue weighted by Crippen LogP contribution is -2.59. The number of methoxy groups -OCH3 is 1. The van der Waals surface area contributed by atoms with Crippen molar-refractivity contribution in [3.63, 3.8) is 0 Å². The summed E-state index contributed by atoms with van der Waals surface area (Å²) in [6.07, 6.45) is 2.51. The second-order valence-electron chi connectivity index (χ2n) is 10.2. The van der Waals surface area contributed by atoms with Gasteiger partial charge < -0.3 is 9.84 Å². The van der Waals surface area contributed by atoms with Gasteiger partial charge in [0.25, 0.3) is 0 Å². The van der Waals surface area contributed by atoms with Gasteiger partial charge in [-0.05, 0) is 92.3 Å². The van der Waals surface area contributed by atoms with Gasteiger partial charge in [0, 0.05) is 7.11 Å². The Labute approximate surface area is 154 Å². The van der Waals surface area contributed by atoms with Gasteiger partial charge in [-0.3, -0.25) is 0 Å². The molecule has 5 heteroatoms. The van der Waals surface area contributed by atoms with Crippen LogP contribution in [0, 0.1) is 34.5 Å². The van der Waals surface area contributed by atoms with Gasteiger partial charge >= 0.3 is 6.18 Å². The normalized spacial score (nSPS) is 54.3. The van der Waals surface area contributed by atoms with Crippen LogP contribution in [-0.4, -0.2) is 30.1 Å². The summed E-state index contributed by atoms with van der Waals surface area (Å²) in [7, 11) is 1.82. The third-order valence-corrected chi connectivity index (χ3v) is 9.45. The van der Waals surface area contributed by atoms with Crippen LogP contribution < -0.4 is 0 Å². The molecule has 150 valence electrons. The van der Waals surface area contributed by atoms with E-state index >= 15 is 0 Å². The van der Waals surface area contributed by atoms with Gasteiger partial charge in [0.1, 0.15) is 0 Å². The molecule has 0 aromatic rings. The van der Waals surface area contributed by atoms with Crippen molar-refractivity contribution < 1.29 is 23.0 Å². The number of halogens is 3. The molecular formula is C21H33F3O2. The summed E-state index contributed by atoms with van der Waals surface area (Å²) in [6, 6.07) is 0. The molecule has 0 spiro atoms. The van der Waals surface area contributed by atoms with E-state index in [-0.39, 0.29) is 29.6 Å². The molecule has 26 heavy (non-hydrogen) atoms. The Morgan fingerprint density at radius 2 is 1.58 bits per heavy atom. The fourth-order valence-electron chi connectivity index (χ4n) is 7.84. The van der Waals surface area contributed by atoms with Crippen LogP contribution >= 0.6 is 0 Å². The first-order valence-electron chi connectivity index (χ1n) is 10.4. The number of ether oxygens (including phenoxy) is 1. The van der Waals surface area contributed by atoms with Crippen LogP contribution in [0.25, 0.3) is 0 Å². The zero-order chi connectivity index (χ0) is 19.0. The Balaban J connectivity index is 1.58. The first kappa shape index (κ1) is 19.0. The molecule has 0 aromatic carbocycles. The first-order valence-corrected chi connectivity index (χ1v) is 10.4. The largest absolute Gasteiger partial charge is 0.417 e. The fourth-order valence-corrected chi connectivity index (χ4v) is 7.84. The van der Waals surface area contributed by atoms with Crippen LogP contribution in [0.1, 0.15) is 71.6 Å². The van der Waals surface area contributed by atoms with Crippen LogP contribution in [0.3, 0.4) is 0 Å². The van der Waals surface area contributed by atoms with E-state index in [9.17, 15) is 18.3 Å². The number of hydrogen-bond acceptors (Lipinski definition) is 2. The predicted octanol–water partition coefficient (Wildman–Crippen LogP) is 5.34. The minimum atomic E-state index is -4.51. The van der Waals surface area contributed by atoms with Crippen molar-refractivity contribution in [1.29, 1.82) is 0 Å². The summed E-state index contributed by atoms with van der Waals surface area (Å²) >= 11 is 0. The molecule has 0 bridgehead atoms. The minimum Gasteiger partial charge on any atom is -0.381 e. The van der Waals surface area contributed by atoms with E-state index < -0.39 is 11.8 Å². The molecule has 0 heterocycles. The van der Waals surface area contributed by atoms with Gasteiger partial charge in [0.15, 0.2) is 5.60 Å². The maximum absolute atomic E-state index is 13.4. The number of fused-ring (bicyclic) bond motifs is 5. The van der Waals surface area contributed by atoms with E-state index in [2.05, 4.69) is 13.8 Å². The number of rotatable bonds is 1. The SMILES string of the molecule is CO[C@H]1CC[C@H]2[C@@H]3CC[C@@H]4C[C@](O)(C(F)(F)F)CC[C@]4(C)[C@H]3CC[C@]12C. The monoisotopic (exact) mass is 374 g/mol. The van der Waals surface area contributed by atoms with Gasteiger partial charge in [-0.15, -0.1) is 0 Å². The Kier molecular flexibility index (Phi) is 4.29. The molecule has 4 aliphatic carbocycles. The van der Waals surface area contributed by atoms with Crippen molar-refractivity contribution in [2.45, 2.75) is 89.5 Å². The van der Waals surface area contributed by atoms with Gasteiger partial charge in [-0.25, -0.2) is 0 Å². The molecule has 0 aliphatic heterocycles. The number of alkyl halides is 3. The molecule has 0 aromatic heterocycles. The average Bonchev–Trinajstić information content (AvgIpc) is 2.91. The van der Waals surface area contributed by atoms with Crippen molar-refractivity contribution in [1.82, 2.24) is 0 Å². The summed E-state index contributed by atoms with van der Waals surface area (Å²) in [6.45, 7) is 4.61. The van der Waals surface area contributed by atoms with Crippen molar-refractivity contribution in [2.24, 2.45) is 34.5 Å². The summed E-state index contributed by atoms with van der Waals surface area (Å²) < 4.78 is 46.0. The second-order valence-corrected chi connectivity index (χ2v) is 10.2. The van der Waals surface area contributed by atoms with Crippen LogP contribution in [0.2, 0.25) is 0 Å². The first-order chi connectivity index (χ1) is 12.1. The smallest absolute Gasteiger partial charge is 0.381 e. The summed E-state index contributed by atoms with van der Waals surface area (Å²) in [5.41, 5.74) is -2.28. The summed E-state index contributed by atoms with van der Waals surface area (Å²) in [5.74, 6) is 1.76. The molecule has 1 N–H and O–H groups in total. The topological polar surface area (TPSA) is 29.5 Å². The summed E-state index contributed by atoms with van der Waals surface area (Å²) in [4.78, 5) is 0. The molecule has 4 aliphatic rings. The minimum absolute atomic E-state index is 0.00638. The van der Waals surface area contributed by atoms with Crippen LogP contribution in [-0.2, 0) is 4.74 Å². The van der Waals surface area contributed by atoms with E-state index in [0.29, 0.717) is 30.3 Å². The molecule has 4 saturated carbocycles. The highest BCUT2D eigenvalue weighted by Gasteiger charge is 2.65. The van der Waals surface area contributed by atoms with E-state index in [0.717, 1.165) is 32.1 Å². The molecule has 8 atom stereocenters. The van der Waals surface area contributed by atoms with Crippen LogP contribution in [0.4, 0.5) is 13.2 Å². The van der Waals surface area contributed by atoms with Gasteiger partial charge in [0.05, 0.1) is 6.10 Å². The Morgan fingerprint density at radius 1 is 0.885 bits per heavy atom. The standard InChI is InChI=1S/C21H33F3O2/c1-18-10-11-20(25,21(22,23)24)12-13(18)4-5-14-15-6-7-17(26-3)19(15,2)9-8-16(14)18/h13-17,25H,4-12H2,1-3H3/t13-,14+,15+,16+,17+,18+,19+,20+/m1/s1. The number of aliphatic hydroxyl groups is 1. The molecule has 4 fully saturated rings. The van der Waals surface area contributed by atoms with E-state index in [4.69, 9.17) is 4.74 Å². The van der Waals surface area contributed by atoms with Gasteiger partial charge in [-0.1, -0.05) is 13.8 Å². The van der Waals surface area contributed by atoms with Crippen molar-refractivity contribution >= 4 is 0 Å². The molecular weight excluding hydrogens is 341 g/mol. The average molecular weight is 374 g/mol. The fraction of sp³-hybridized carbons (Fsp3) is 1.00. The quantitative estimate of drug-likeness (QED) is 0.671. The highest BCUT2D eigenvalue weighted by Crippen LogP contribution is 2.67. The third-order valence-electron chi connectivity index (χ3n) is 9.45. The van der Waals surface area contributed by atoms with E-state index in [1.807, 2.05) is 7.11 Å². The lowest BCUT2D eigenvalue weighted by atomic mass is 9.44. The second kappa shape index (κ2) is 5.85. The Hall–Kier alpha value is -0.290. The predicted molar refractivity (Wildman–Crippen MR) is 93.5 cm³/mol. The molecule has 4 rings (SSSR count). The Morgan fingerprint density at radius 3 is 2.23 bits per heavy atom. The zero-order valence-corrected chi connectivity index (χ0v) is 16.2. The molecule has 0 amide bonds. The lowest BCUT2D eigenvalue weighted by molar-refractivity contribution is -0.290. The van der Waals surface area contributed by atoms with Crippen LogP contribution in [0.15, 0.2) is 0 Å². The van der Waals surface area contributed by atoms with E-state index in [1.165, 1.54) is 6.42 Å². The zero-order valence-electron chi connectivity index (χ0n) is 16.2. The highest BCUT2D eigenvalue weighted by molar-refractivity contribution is 5.11. The van der Waals surface area contributed by atoms with Crippen molar-refractivity contribution in [2.75, 3.05) is 7.11 Å². The number of hydrogen-bond donors (Lipinski definition) is 1. The van der Waals surface area contributed by atoms with Crippen molar-refractivity contribution in [3.8, 4) is 0 Å². The third kappa shape index (κ3) is 2.45. The van der Waals surface area contributed by atoms with Gasteiger partial charge in [-0.2, -0.15) is 13.2 Å². The lowest BCUT2D eigenvalue weighted by Gasteiger charge is -2.62. The molecule has 2 nitrogen and oxygen atoms in total. The highest BCUT2D eigenvalue weighted by atomic mass is 19.4. The van der Waals surface area contributed by atoms with Crippen molar-refractivity contribution in [3.05, 3.63) is 0 Å². The maximum Gasteiger partial charge on any atom is 0.417 e. The van der Waals surface area contributed by atoms with Gasteiger partial charge in [0.2, 0.25) is 0 Å².